The molecule has 12 aromatic rings. The van der Waals surface area contributed by atoms with Crippen LogP contribution in [-0.2, 0) is 10.8 Å². The summed E-state index contributed by atoms with van der Waals surface area (Å²) in [5, 5.41) is 4.35. The van der Waals surface area contributed by atoms with Crippen LogP contribution in [0.3, 0.4) is 0 Å². The van der Waals surface area contributed by atoms with Gasteiger partial charge in [0, 0.05) is 43.9 Å². The summed E-state index contributed by atoms with van der Waals surface area (Å²) in [5.41, 5.74) is 21.7. The maximum atomic E-state index is 7.22. The van der Waals surface area contributed by atoms with Gasteiger partial charge in [-0.05, 0) is 115 Å². The molecule has 330 valence electrons. The highest BCUT2D eigenvalue weighted by atomic mass is 16.3. The summed E-state index contributed by atoms with van der Waals surface area (Å²) in [6.45, 7) is 4.75. The van der Waals surface area contributed by atoms with Crippen LogP contribution in [0.15, 0.2) is 253 Å². The van der Waals surface area contributed by atoms with Crippen molar-refractivity contribution in [3.05, 3.63) is 282 Å². The molecule has 0 aliphatic heterocycles. The van der Waals surface area contributed by atoms with E-state index in [-0.39, 0.29) is 5.41 Å². The third-order valence-electron chi connectivity index (χ3n) is 15.5. The van der Waals surface area contributed by atoms with Crippen LogP contribution in [0.4, 0.5) is 17.1 Å². The molecule has 2 aliphatic rings. The standard InChI is InChI=1S/C68H47NO/c1-67(2)60-33-19-17-29-51(60)53-37-35-49(41-62(53)67)69(50-36-38-54-52-30-18-20-34-61(52)68(63(54)42-50,47-25-11-5-12-26-47)48-27-13-6-14-28-48)64-43-59-58-40-46(44-21-7-3-8-22-44)39-57(45-23-9-4-10-24-45)66(58)70-65(59)56-32-16-15-31-55(56)64/h3-43H,1-2H3. The molecule has 0 radical (unpaired) electrons. The van der Waals surface area contributed by atoms with Crippen molar-refractivity contribution in [3.63, 3.8) is 0 Å². The maximum absolute atomic E-state index is 7.22. The van der Waals surface area contributed by atoms with E-state index in [1.54, 1.807) is 0 Å². The average Bonchev–Trinajstić information content (AvgIpc) is 4.03. The fourth-order valence-electron chi connectivity index (χ4n) is 12.3. The summed E-state index contributed by atoms with van der Waals surface area (Å²) in [4.78, 5) is 2.53. The molecule has 0 saturated carbocycles. The molecule has 0 spiro atoms. The predicted molar refractivity (Wildman–Crippen MR) is 292 cm³/mol. The van der Waals surface area contributed by atoms with Crippen LogP contribution >= 0.6 is 0 Å². The highest BCUT2D eigenvalue weighted by molar-refractivity contribution is 6.22. The quantitative estimate of drug-likeness (QED) is 0.158. The second kappa shape index (κ2) is 15.4. The molecule has 2 nitrogen and oxygen atoms in total. The lowest BCUT2D eigenvalue weighted by atomic mass is 9.67. The van der Waals surface area contributed by atoms with Gasteiger partial charge in [-0.25, -0.2) is 0 Å². The van der Waals surface area contributed by atoms with Gasteiger partial charge in [-0.15, -0.1) is 0 Å². The average molecular weight is 894 g/mol. The summed E-state index contributed by atoms with van der Waals surface area (Å²) < 4.78 is 7.22. The molecule has 2 heteroatoms. The molecule has 14 rings (SSSR count). The summed E-state index contributed by atoms with van der Waals surface area (Å²) in [7, 11) is 0. The summed E-state index contributed by atoms with van der Waals surface area (Å²) in [6, 6.07) is 91.8. The minimum Gasteiger partial charge on any atom is -0.455 e. The Balaban J connectivity index is 1.09. The topological polar surface area (TPSA) is 16.4 Å². The van der Waals surface area contributed by atoms with Gasteiger partial charge in [0.2, 0.25) is 0 Å². The monoisotopic (exact) mass is 893 g/mol. The van der Waals surface area contributed by atoms with E-state index in [9.17, 15) is 0 Å². The second-order valence-corrected chi connectivity index (χ2v) is 19.5. The van der Waals surface area contributed by atoms with Gasteiger partial charge in [0.1, 0.15) is 11.2 Å². The number of furan rings is 1. The lowest BCUT2D eigenvalue weighted by molar-refractivity contribution is 0.660. The molecule has 0 bridgehead atoms. The van der Waals surface area contributed by atoms with Crippen LogP contribution in [0, 0.1) is 0 Å². The zero-order chi connectivity index (χ0) is 46.6. The predicted octanol–water partition coefficient (Wildman–Crippen LogP) is 18.2. The fraction of sp³-hybridized carbons (Fsp3) is 0.0588. The van der Waals surface area contributed by atoms with E-state index in [0.717, 1.165) is 66.5 Å². The zero-order valence-corrected chi connectivity index (χ0v) is 39.0. The van der Waals surface area contributed by atoms with Crippen LogP contribution in [0.25, 0.3) is 77.2 Å². The van der Waals surface area contributed by atoms with Gasteiger partial charge in [0.05, 0.1) is 11.1 Å². The van der Waals surface area contributed by atoms with E-state index in [1.165, 1.54) is 61.2 Å². The van der Waals surface area contributed by atoms with Crippen LogP contribution < -0.4 is 4.90 Å². The summed E-state index contributed by atoms with van der Waals surface area (Å²) in [5.74, 6) is 0. The molecule has 0 unspecified atom stereocenters. The van der Waals surface area contributed by atoms with E-state index in [2.05, 4.69) is 267 Å². The zero-order valence-electron chi connectivity index (χ0n) is 39.0. The number of anilines is 3. The second-order valence-electron chi connectivity index (χ2n) is 19.5. The minimum absolute atomic E-state index is 0.197. The Morgan fingerprint density at radius 3 is 1.46 bits per heavy atom. The molecule has 0 atom stereocenters. The summed E-state index contributed by atoms with van der Waals surface area (Å²) in [6.07, 6.45) is 0. The molecule has 70 heavy (non-hydrogen) atoms. The van der Waals surface area contributed by atoms with Crippen molar-refractivity contribution in [2.75, 3.05) is 4.90 Å². The van der Waals surface area contributed by atoms with E-state index >= 15 is 0 Å². The molecule has 0 amide bonds. The van der Waals surface area contributed by atoms with E-state index in [1.807, 2.05) is 0 Å². The van der Waals surface area contributed by atoms with Crippen molar-refractivity contribution in [2.24, 2.45) is 0 Å². The van der Waals surface area contributed by atoms with Gasteiger partial charge in [0.15, 0.2) is 0 Å². The highest BCUT2D eigenvalue weighted by Gasteiger charge is 2.46. The molecule has 0 fully saturated rings. The van der Waals surface area contributed by atoms with E-state index in [4.69, 9.17) is 4.42 Å². The van der Waals surface area contributed by atoms with E-state index < -0.39 is 5.41 Å². The first-order chi connectivity index (χ1) is 34.5. The molecule has 0 N–H and O–H groups in total. The Morgan fingerprint density at radius 2 is 0.800 bits per heavy atom. The normalized spacial score (nSPS) is 13.8. The number of benzene rings is 11. The number of rotatable bonds is 7. The molecule has 1 aromatic heterocycles. The van der Waals surface area contributed by atoms with Gasteiger partial charge < -0.3 is 9.32 Å². The van der Waals surface area contributed by atoms with Crippen molar-refractivity contribution in [1.82, 2.24) is 0 Å². The molecule has 11 aromatic carbocycles. The SMILES string of the molecule is CC1(C)c2ccccc2-c2ccc(N(c3ccc4c(c3)C(c3ccccc3)(c3ccccc3)c3ccccc3-4)c3cc4c5cc(-c6ccccc6)cc(-c6ccccc6)c5oc4c4ccccc34)cc21. The van der Waals surface area contributed by atoms with Gasteiger partial charge in [0.25, 0.3) is 0 Å². The Labute approximate surface area is 408 Å². The molecule has 2 aliphatic carbocycles. The molecular weight excluding hydrogens is 847 g/mol. The largest absolute Gasteiger partial charge is 0.455 e. The van der Waals surface area contributed by atoms with Crippen LogP contribution in [-0.4, -0.2) is 0 Å². The third-order valence-corrected chi connectivity index (χ3v) is 15.5. The number of hydrogen-bond donors (Lipinski definition) is 0. The first-order valence-electron chi connectivity index (χ1n) is 24.4. The van der Waals surface area contributed by atoms with Gasteiger partial charge >= 0.3 is 0 Å². The molecule has 0 saturated heterocycles. The summed E-state index contributed by atoms with van der Waals surface area (Å²) >= 11 is 0. The third kappa shape index (κ3) is 5.80. The smallest absolute Gasteiger partial charge is 0.143 e. The lowest BCUT2D eigenvalue weighted by Gasteiger charge is -2.35. The van der Waals surface area contributed by atoms with Crippen molar-refractivity contribution in [2.45, 2.75) is 24.7 Å². The number of hydrogen-bond acceptors (Lipinski definition) is 2. The van der Waals surface area contributed by atoms with Crippen molar-refractivity contribution >= 4 is 49.8 Å². The number of fused-ring (bicyclic) bond motifs is 11. The Morgan fingerprint density at radius 1 is 0.314 bits per heavy atom. The van der Waals surface area contributed by atoms with E-state index in [0.29, 0.717) is 0 Å². The Hall–Kier alpha value is -8.72. The van der Waals surface area contributed by atoms with Gasteiger partial charge in [-0.1, -0.05) is 220 Å². The van der Waals surface area contributed by atoms with Crippen LogP contribution in [0.1, 0.15) is 47.2 Å². The minimum atomic E-state index is -0.563. The number of nitrogens with zero attached hydrogens (tertiary/aromatic N) is 1. The first-order valence-corrected chi connectivity index (χ1v) is 24.4. The first kappa shape index (κ1) is 40.4. The Bertz CT molecular complexity index is 3980. The van der Waals surface area contributed by atoms with Crippen molar-refractivity contribution in [3.8, 4) is 44.5 Å². The van der Waals surface area contributed by atoms with Gasteiger partial charge in [-0.3, -0.25) is 0 Å². The van der Waals surface area contributed by atoms with Crippen molar-refractivity contribution in [1.29, 1.82) is 0 Å². The highest BCUT2D eigenvalue weighted by Crippen LogP contribution is 2.58. The molecule has 1 heterocycles. The van der Waals surface area contributed by atoms with Crippen molar-refractivity contribution < 1.29 is 4.42 Å². The Kier molecular flexibility index (Phi) is 8.88. The van der Waals surface area contributed by atoms with Crippen LogP contribution in [0.5, 0.6) is 0 Å². The maximum Gasteiger partial charge on any atom is 0.143 e. The fourth-order valence-corrected chi connectivity index (χ4v) is 12.3. The van der Waals surface area contributed by atoms with Crippen LogP contribution in [0.2, 0.25) is 0 Å². The van der Waals surface area contributed by atoms with Gasteiger partial charge in [-0.2, -0.15) is 0 Å². The lowest BCUT2D eigenvalue weighted by Crippen LogP contribution is -2.28. The molecular formula is C68H47NO.